The first kappa shape index (κ1) is 21.9. The molecule has 6 nitrogen and oxygen atoms in total. The lowest BCUT2D eigenvalue weighted by Gasteiger charge is -2.12. The molecule has 0 atom stereocenters. The van der Waals surface area contributed by atoms with Crippen molar-refractivity contribution in [3.8, 4) is 0 Å². The number of aryl methyl sites for hydroxylation is 1. The molecule has 1 rings (SSSR count). The maximum absolute atomic E-state index is 11.9. The molecule has 0 aromatic heterocycles. The van der Waals surface area contributed by atoms with Crippen LogP contribution in [0.2, 0.25) is 5.02 Å². The highest BCUT2D eigenvalue weighted by Gasteiger charge is 2.06. The number of amides is 1. The zero-order chi connectivity index (χ0) is 16.4. The molecule has 0 radical (unpaired) electrons. The molecular weight excluding hydrogens is 431 g/mol. The number of hydrogen-bond donors (Lipinski definition) is 3. The quantitative estimate of drug-likeness (QED) is 0.256. The van der Waals surface area contributed by atoms with Gasteiger partial charge in [0.25, 0.3) is 0 Å². The zero-order valence-electron chi connectivity index (χ0n) is 13.6. The summed E-state index contributed by atoms with van der Waals surface area (Å²) in [6, 6.07) is 5.52. The highest BCUT2D eigenvalue weighted by molar-refractivity contribution is 14.0. The highest BCUT2D eigenvalue weighted by atomic mass is 127. The minimum atomic E-state index is -0.106. The fourth-order valence-electron chi connectivity index (χ4n) is 1.72. The minimum Gasteiger partial charge on any atom is -0.383 e. The molecule has 0 saturated heterocycles. The van der Waals surface area contributed by atoms with Crippen LogP contribution in [0.3, 0.4) is 0 Å². The number of guanidine groups is 1. The number of methoxy groups -OCH3 is 1. The summed E-state index contributed by atoms with van der Waals surface area (Å²) in [6.07, 6.45) is 0.315. The van der Waals surface area contributed by atoms with Gasteiger partial charge in [-0.15, -0.1) is 24.0 Å². The van der Waals surface area contributed by atoms with Gasteiger partial charge in [0.05, 0.1) is 17.3 Å². The van der Waals surface area contributed by atoms with Gasteiger partial charge in [0.15, 0.2) is 5.96 Å². The van der Waals surface area contributed by atoms with E-state index < -0.39 is 0 Å². The van der Waals surface area contributed by atoms with Crippen LogP contribution in [0.1, 0.15) is 12.0 Å². The predicted molar refractivity (Wildman–Crippen MR) is 106 cm³/mol. The Balaban J connectivity index is 0.00000484. The molecule has 0 aliphatic rings. The standard InChI is InChI=1S/C15H23ClN4O2.HI/c1-11-4-5-13(12(16)10-11)20-14(21)6-7-18-15(17-2)19-8-9-22-3;/h4-5,10H,6-9H2,1-3H3,(H,20,21)(H2,17,18,19);1H. The zero-order valence-corrected chi connectivity index (χ0v) is 16.7. The monoisotopic (exact) mass is 454 g/mol. The summed E-state index contributed by atoms with van der Waals surface area (Å²) in [4.78, 5) is 15.9. The van der Waals surface area contributed by atoms with E-state index in [9.17, 15) is 4.79 Å². The Bertz CT molecular complexity index is 526. The summed E-state index contributed by atoms with van der Waals surface area (Å²) >= 11 is 6.08. The summed E-state index contributed by atoms with van der Waals surface area (Å²) in [5, 5.41) is 9.46. The number of carbonyl (C=O) groups is 1. The van der Waals surface area contributed by atoms with Gasteiger partial charge in [-0.3, -0.25) is 9.79 Å². The van der Waals surface area contributed by atoms with E-state index in [1.165, 1.54) is 0 Å². The first-order chi connectivity index (χ1) is 10.6. The van der Waals surface area contributed by atoms with Crippen molar-refractivity contribution in [1.82, 2.24) is 10.6 Å². The van der Waals surface area contributed by atoms with E-state index in [4.69, 9.17) is 16.3 Å². The first-order valence-electron chi connectivity index (χ1n) is 7.06. The lowest BCUT2D eigenvalue weighted by Crippen LogP contribution is -2.40. The van der Waals surface area contributed by atoms with Crippen molar-refractivity contribution in [2.75, 3.05) is 39.2 Å². The van der Waals surface area contributed by atoms with Gasteiger partial charge in [0.2, 0.25) is 5.91 Å². The molecule has 0 fully saturated rings. The Kier molecular flexibility index (Phi) is 11.8. The number of halogens is 2. The van der Waals surface area contributed by atoms with Crippen LogP contribution in [0.4, 0.5) is 5.69 Å². The van der Waals surface area contributed by atoms with E-state index in [-0.39, 0.29) is 29.9 Å². The SMILES string of the molecule is CN=C(NCCOC)NCCC(=O)Nc1ccc(C)cc1Cl.I. The largest absolute Gasteiger partial charge is 0.383 e. The van der Waals surface area contributed by atoms with Crippen LogP contribution in [0, 0.1) is 6.92 Å². The minimum absolute atomic E-state index is 0. The average molecular weight is 455 g/mol. The van der Waals surface area contributed by atoms with Gasteiger partial charge in [-0.25, -0.2) is 0 Å². The van der Waals surface area contributed by atoms with Crippen molar-refractivity contribution in [2.45, 2.75) is 13.3 Å². The van der Waals surface area contributed by atoms with Gasteiger partial charge in [-0.05, 0) is 24.6 Å². The van der Waals surface area contributed by atoms with Gasteiger partial charge in [-0.1, -0.05) is 17.7 Å². The summed E-state index contributed by atoms with van der Waals surface area (Å²) in [7, 11) is 3.31. The normalized spacial score (nSPS) is 10.7. The molecule has 1 amide bonds. The van der Waals surface area contributed by atoms with E-state index in [1.807, 2.05) is 19.1 Å². The van der Waals surface area contributed by atoms with Crippen LogP contribution < -0.4 is 16.0 Å². The van der Waals surface area contributed by atoms with Crippen molar-refractivity contribution < 1.29 is 9.53 Å². The molecule has 0 unspecified atom stereocenters. The van der Waals surface area contributed by atoms with Crippen molar-refractivity contribution in [1.29, 1.82) is 0 Å². The smallest absolute Gasteiger partial charge is 0.226 e. The van der Waals surface area contributed by atoms with Crippen LogP contribution in [0.5, 0.6) is 0 Å². The van der Waals surface area contributed by atoms with Gasteiger partial charge in [-0.2, -0.15) is 0 Å². The molecule has 0 heterocycles. The maximum atomic E-state index is 11.9. The molecule has 23 heavy (non-hydrogen) atoms. The number of anilines is 1. The number of nitrogens with zero attached hydrogens (tertiary/aromatic N) is 1. The molecule has 3 N–H and O–H groups in total. The summed E-state index contributed by atoms with van der Waals surface area (Å²) in [5.74, 6) is 0.531. The number of ether oxygens (including phenoxy) is 1. The maximum Gasteiger partial charge on any atom is 0.226 e. The van der Waals surface area contributed by atoms with Crippen molar-refractivity contribution in [3.63, 3.8) is 0 Å². The van der Waals surface area contributed by atoms with E-state index in [2.05, 4.69) is 20.9 Å². The van der Waals surface area contributed by atoms with Crippen molar-refractivity contribution in [3.05, 3.63) is 28.8 Å². The second kappa shape index (κ2) is 12.4. The Labute approximate surface area is 159 Å². The lowest BCUT2D eigenvalue weighted by molar-refractivity contribution is -0.116. The van der Waals surface area contributed by atoms with Gasteiger partial charge in [0.1, 0.15) is 0 Å². The van der Waals surface area contributed by atoms with Gasteiger partial charge in [0, 0.05) is 33.7 Å². The number of benzene rings is 1. The molecule has 8 heteroatoms. The van der Waals surface area contributed by atoms with E-state index in [0.29, 0.717) is 42.8 Å². The van der Waals surface area contributed by atoms with Crippen LogP contribution >= 0.6 is 35.6 Å². The second-order valence-corrected chi connectivity index (χ2v) is 5.11. The van der Waals surface area contributed by atoms with Crippen molar-refractivity contribution >= 4 is 53.1 Å². The molecule has 0 saturated carbocycles. The molecule has 0 aliphatic heterocycles. The summed E-state index contributed by atoms with van der Waals surface area (Å²) in [6.45, 7) is 3.67. The van der Waals surface area contributed by atoms with Crippen LogP contribution in [0.25, 0.3) is 0 Å². The third-order valence-electron chi connectivity index (χ3n) is 2.87. The van der Waals surface area contributed by atoms with E-state index in [0.717, 1.165) is 5.56 Å². The number of nitrogens with one attached hydrogen (secondary N) is 3. The molecule has 1 aromatic rings. The third-order valence-corrected chi connectivity index (χ3v) is 3.18. The van der Waals surface area contributed by atoms with Gasteiger partial charge >= 0.3 is 0 Å². The molecule has 0 aliphatic carbocycles. The Morgan fingerprint density at radius 2 is 2.00 bits per heavy atom. The Morgan fingerprint density at radius 3 is 2.61 bits per heavy atom. The van der Waals surface area contributed by atoms with E-state index in [1.54, 1.807) is 20.2 Å². The number of aliphatic imine (C=N–C) groups is 1. The summed E-state index contributed by atoms with van der Waals surface area (Å²) < 4.78 is 4.94. The topological polar surface area (TPSA) is 74.8 Å². The Hall–Kier alpha value is -1.06. The number of rotatable bonds is 7. The fraction of sp³-hybridized carbons (Fsp3) is 0.467. The lowest BCUT2D eigenvalue weighted by atomic mass is 10.2. The first-order valence-corrected chi connectivity index (χ1v) is 7.44. The average Bonchev–Trinajstić information content (AvgIpc) is 2.48. The molecule has 1 aromatic carbocycles. The van der Waals surface area contributed by atoms with Crippen LogP contribution in [-0.2, 0) is 9.53 Å². The molecule has 130 valence electrons. The van der Waals surface area contributed by atoms with Crippen LogP contribution in [-0.4, -0.2) is 45.7 Å². The second-order valence-electron chi connectivity index (χ2n) is 4.70. The highest BCUT2D eigenvalue weighted by Crippen LogP contribution is 2.22. The van der Waals surface area contributed by atoms with Crippen molar-refractivity contribution in [2.24, 2.45) is 4.99 Å². The summed E-state index contributed by atoms with van der Waals surface area (Å²) in [5.41, 5.74) is 1.68. The van der Waals surface area contributed by atoms with Gasteiger partial charge < -0.3 is 20.7 Å². The van der Waals surface area contributed by atoms with E-state index >= 15 is 0 Å². The van der Waals surface area contributed by atoms with Crippen LogP contribution in [0.15, 0.2) is 23.2 Å². The Morgan fingerprint density at radius 1 is 1.30 bits per heavy atom. The number of carbonyl (C=O) groups excluding carboxylic acids is 1. The molecule has 0 spiro atoms. The third kappa shape index (κ3) is 8.97. The predicted octanol–water partition coefficient (Wildman–Crippen LogP) is 2.41. The molecular formula is C15H24ClIN4O2. The molecule has 0 bridgehead atoms. The fourth-order valence-corrected chi connectivity index (χ4v) is 2.00. The number of hydrogen-bond acceptors (Lipinski definition) is 3.